The van der Waals surface area contributed by atoms with Crippen LogP contribution in [0.5, 0.6) is 0 Å². The molecule has 0 aromatic heterocycles. The second-order valence-electron chi connectivity index (χ2n) is 31.5. The van der Waals surface area contributed by atoms with Crippen LogP contribution in [0, 0.1) is 23.7 Å². The van der Waals surface area contributed by atoms with Gasteiger partial charge in [0, 0.05) is 25.7 Å². The minimum absolute atomic E-state index is 0.104. The monoisotopic (exact) mass is 1490 g/mol. The molecule has 0 bridgehead atoms. The summed E-state index contributed by atoms with van der Waals surface area (Å²) in [4.78, 5) is 73.0. The van der Waals surface area contributed by atoms with Gasteiger partial charge in [-0.05, 0) is 49.4 Å². The zero-order chi connectivity index (χ0) is 75.3. The first kappa shape index (κ1) is 100. The predicted molar refractivity (Wildman–Crippen MR) is 418 cm³/mol. The Bertz CT molecular complexity index is 1990. The zero-order valence-corrected chi connectivity index (χ0v) is 69.0. The van der Waals surface area contributed by atoms with Crippen LogP contribution in [0.1, 0.15) is 428 Å². The molecule has 0 saturated carbocycles. The van der Waals surface area contributed by atoms with Crippen LogP contribution in [0.3, 0.4) is 0 Å². The van der Waals surface area contributed by atoms with Gasteiger partial charge in [0.05, 0.1) is 26.4 Å². The quantitative estimate of drug-likeness (QED) is 0.0222. The van der Waals surface area contributed by atoms with Crippen molar-refractivity contribution in [1.29, 1.82) is 0 Å². The molecule has 17 nitrogen and oxygen atoms in total. The lowest BCUT2D eigenvalue weighted by atomic mass is 10.00. The van der Waals surface area contributed by atoms with Crippen LogP contribution < -0.4 is 0 Å². The van der Waals surface area contributed by atoms with E-state index in [1.807, 2.05) is 0 Å². The second kappa shape index (κ2) is 72.0. The van der Waals surface area contributed by atoms with Gasteiger partial charge in [-0.2, -0.15) is 0 Å². The summed E-state index contributed by atoms with van der Waals surface area (Å²) < 4.78 is 68.7. The third-order valence-electron chi connectivity index (χ3n) is 19.7. The Morgan fingerprint density at radius 2 is 0.471 bits per heavy atom. The van der Waals surface area contributed by atoms with E-state index in [1.165, 1.54) is 225 Å². The average molecular weight is 1490 g/mol. The number of hydrogen-bond acceptors (Lipinski definition) is 15. The van der Waals surface area contributed by atoms with Crippen LogP contribution in [-0.2, 0) is 65.4 Å². The van der Waals surface area contributed by atoms with Gasteiger partial charge in [0.2, 0.25) is 0 Å². The first-order valence-electron chi connectivity index (χ1n) is 42.7. The van der Waals surface area contributed by atoms with Crippen LogP contribution in [0.2, 0.25) is 0 Å². The summed E-state index contributed by atoms with van der Waals surface area (Å²) in [5.74, 6) is 0.953. The number of rotatable bonds is 80. The van der Waals surface area contributed by atoms with Crippen molar-refractivity contribution in [1.82, 2.24) is 0 Å². The number of carbonyl (C=O) groups excluding carboxylic acids is 4. The number of unbranched alkanes of at least 4 members (excludes halogenated alkanes) is 45. The molecule has 0 aliphatic rings. The van der Waals surface area contributed by atoms with E-state index in [1.54, 1.807) is 0 Å². The summed E-state index contributed by atoms with van der Waals surface area (Å²) >= 11 is 0. The number of phosphoric acid groups is 2. The van der Waals surface area contributed by atoms with E-state index in [0.29, 0.717) is 31.6 Å². The van der Waals surface area contributed by atoms with E-state index in [-0.39, 0.29) is 25.7 Å². The SMILES string of the molecule is CCC(C)CCCCCCCCC(=O)OC[C@H](COP(=O)(O)OC[C@H](O)COP(=O)(O)OC[C@@H](COC(=O)CCCCCCCCCCCCCCCCCCCCC(C)C)OC(=O)CCCCCCCCCC(C)C)OC(=O)CCCCCCCCCCCCCCCCCCCCC(C)C. The maximum atomic E-state index is 13.1. The Labute approximate surface area is 626 Å². The molecular weight excluding hydrogens is 1330 g/mol. The van der Waals surface area contributed by atoms with Crippen molar-refractivity contribution in [3.8, 4) is 0 Å². The molecule has 3 unspecified atom stereocenters. The van der Waals surface area contributed by atoms with Gasteiger partial charge in [-0.1, -0.05) is 376 Å². The standard InChI is InChI=1S/C83H162O17P2/c1-9-76(8)62-54-46-41-42-48-56-64-81(86)94-70-79(99-82(87)65-57-49-39-33-29-25-21-17-13-11-15-19-23-27-31-36-44-52-60-74(4)5)72-98-102(91,92)96-68-77(84)67-95-101(89,90)97-71-78(100-83(88)66-58-50-40-34-37-45-53-61-75(6)7)69-93-80(85)63-55-47-38-32-28-24-20-16-12-10-14-18-22-26-30-35-43-51-59-73(2)3/h73-79,84H,9-72H2,1-8H3,(H,89,90)(H,91,92)/t76?,77-,78-,79-/m1/s1. The van der Waals surface area contributed by atoms with Gasteiger partial charge in [0.15, 0.2) is 12.2 Å². The van der Waals surface area contributed by atoms with Crippen molar-refractivity contribution in [2.24, 2.45) is 23.7 Å². The Morgan fingerprint density at radius 3 is 0.696 bits per heavy atom. The molecular formula is C83H162O17P2. The number of aliphatic hydroxyl groups excluding tert-OH is 1. The molecule has 0 amide bonds. The summed E-state index contributed by atoms with van der Waals surface area (Å²) in [5, 5.41) is 10.6. The summed E-state index contributed by atoms with van der Waals surface area (Å²) in [5.41, 5.74) is 0. The molecule has 6 atom stereocenters. The highest BCUT2D eigenvalue weighted by atomic mass is 31.2. The first-order valence-corrected chi connectivity index (χ1v) is 45.7. The average Bonchev–Trinajstić information content (AvgIpc) is 0.908. The van der Waals surface area contributed by atoms with Crippen molar-refractivity contribution < 1.29 is 80.2 Å². The van der Waals surface area contributed by atoms with E-state index in [0.717, 1.165) is 114 Å². The lowest BCUT2D eigenvalue weighted by Gasteiger charge is -2.21. The topological polar surface area (TPSA) is 237 Å². The number of ether oxygens (including phenoxy) is 4. The van der Waals surface area contributed by atoms with E-state index in [2.05, 4.69) is 55.4 Å². The third-order valence-corrected chi connectivity index (χ3v) is 21.6. The Balaban J connectivity index is 5.11. The highest BCUT2D eigenvalue weighted by molar-refractivity contribution is 7.47. The molecule has 606 valence electrons. The van der Waals surface area contributed by atoms with Gasteiger partial charge in [-0.25, -0.2) is 9.13 Å². The fraction of sp³-hybridized carbons (Fsp3) is 0.952. The molecule has 0 aromatic carbocycles. The van der Waals surface area contributed by atoms with Crippen molar-refractivity contribution in [3.63, 3.8) is 0 Å². The zero-order valence-electron chi connectivity index (χ0n) is 67.2. The molecule has 0 spiro atoms. The van der Waals surface area contributed by atoms with Gasteiger partial charge in [-0.15, -0.1) is 0 Å². The molecule has 0 radical (unpaired) electrons. The van der Waals surface area contributed by atoms with Crippen LogP contribution in [-0.4, -0.2) is 96.7 Å². The van der Waals surface area contributed by atoms with Crippen molar-refractivity contribution in [3.05, 3.63) is 0 Å². The van der Waals surface area contributed by atoms with E-state index < -0.39 is 97.5 Å². The molecule has 0 aliphatic heterocycles. The lowest BCUT2D eigenvalue weighted by Crippen LogP contribution is -2.30. The van der Waals surface area contributed by atoms with E-state index in [9.17, 15) is 43.2 Å². The van der Waals surface area contributed by atoms with Crippen molar-refractivity contribution >= 4 is 39.5 Å². The van der Waals surface area contributed by atoms with Crippen LogP contribution >= 0.6 is 15.6 Å². The van der Waals surface area contributed by atoms with Crippen molar-refractivity contribution in [2.45, 2.75) is 446 Å². The molecule has 0 fully saturated rings. The predicted octanol–water partition coefficient (Wildman–Crippen LogP) is 24.8. The van der Waals surface area contributed by atoms with Crippen LogP contribution in [0.25, 0.3) is 0 Å². The van der Waals surface area contributed by atoms with E-state index in [4.69, 9.17) is 37.0 Å². The van der Waals surface area contributed by atoms with Crippen molar-refractivity contribution in [2.75, 3.05) is 39.6 Å². The molecule has 0 heterocycles. The smallest absolute Gasteiger partial charge is 0.462 e. The van der Waals surface area contributed by atoms with Gasteiger partial charge in [0.25, 0.3) is 0 Å². The summed E-state index contributed by atoms with van der Waals surface area (Å²) in [6, 6.07) is 0. The van der Waals surface area contributed by atoms with E-state index >= 15 is 0 Å². The minimum atomic E-state index is -4.96. The van der Waals surface area contributed by atoms with Crippen LogP contribution in [0.15, 0.2) is 0 Å². The van der Waals surface area contributed by atoms with Gasteiger partial charge in [0.1, 0.15) is 19.3 Å². The Hall–Kier alpha value is -1.94. The number of esters is 4. The third kappa shape index (κ3) is 74.9. The maximum absolute atomic E-state index is 13.1. The fourth-order valence-electron chi connectivity index (χ4n) is 12.8. The molecule has 0 rings (SSSR count). The molecule has 3 N–H and O–H groups in total. The number of hydrogen-bond donors (Lipinski definition) is 3. The molecule has 19 heteroatoms. The second-order valence-corrected chi connectivity index (χ2v) is 34.4. The highest BCUT2D eigenvalue weighted by Crippen LogP contribution is 2.45. The summed E-state index contributed by atoms with van der Waals surface area (Å²) in [6.07, 6.45) is 60.1. The lowest BCUT2D eigenvalue weighted by molar-refractivity contribution is -0.161. The fourth-order valence-corrected chi connectivity index (χ4v) is 14.3. The number of carbonyl (C=O) groups is 4. The van der Waals surface area contributed by atoms with Gasteiger partial charge in [-0.3, -0.25) is 37.3 Å². The normalized spacial score (nSPS) is 14.3. The van der Waals surface area contributed by atoms with Crippen LogP contribution in [0.4, 0.5) is 0 Å². The molecule has 0 aromatic rings. The largest absolute Gasteiger partial charge is 0.472 e. The Kier molecular flexibility index (Phi) is 70.6. The highest BCUT2D eigenvalue weighted by Gasteiger charge is 2.30. The number of phosphoric ester groups is 2. The minimum Gasteiger partial charge on any atom is -0.462 e. The summed E-state index contributed by atoms with van der Waals surface area (Å²) in [6.45, 7) is 14.2. The molecule has 0 aliphatic carbocycles. The number of aliphatic hydroxyl groups is 1. The first-order chi connectivity index (χ1) is 49.1. The molecule has 102 heavy (non-hydrogen) atoms. The molecule has 0 saturated heterocycles. The van der Waals surface area contributed by atoms with Gasteiger partial charge < -0.3 is 33.8 Å². The Morgan fingerprint density at radius 1 is 0.275 bits per heavy atom. The maximum Gasteiger partial charge on any atom is 0.472 e. The van der Waals surface area contributed by atoms with Gasteiger partial charge >= 0.3 is 39.5 Å². The summed E-state index contributed by atoms with van der Waals surface area (Å²) in [7, 11) is -9.92.